The highest BCUT2D eigenvalue weighted by Crippen LogP contribution is 2.32. The summed E-state index contributed by atoms with van der Waals surface area (Å²) in [5.74, 6) is -0.637. The van der Waals surface area contributed by atoms with E-state index in [0.29, 0.717) is 11.6 Å². The highest BCUT2D eigenvalue weighted by molar-refractivity contribution is 8.00. The lowest BCUT2D eigenvalue weighted by Crippen LogP contribution is -2.23. The van der Waals surface area contributed by atoms with E-state index in [9.17, 15) is 13.2 Å². The van der Waals surface area contributed by atoms with Crippen molar-refractivity contribution in [1.82, 2.24) is 20.0 Å². The summed E-state index contributed by atoms with van der Waals surface area (Å²) in [6, 6.07) is 19.6. The predicted octanol–water partition coefficient (Wildman–Crippen LogP) is 4.51. The molecule has 3 aromatic carbocycles. The molecule has 2 aromatic heterocycles. The van der Waals surface area contributed by atoms with Crippen LogP contribution in [0.25, 0.3) is 21.3 Å². The van der Waals surface area contributed by atoms with Gasteiger partial charge in [0.25, 0.3) is 0 Å². The van der Waals surface area contributed by atoms with Gasteiger partial charge in [0.05, 0.1) is 26.5 Å². The third-order valence-electron chi connectivity index (χ3n) is 5.08. The van der Waals surface area contributed by atoms with Gasteiger partial charge in [0.1, 0.15) is 11.3 Å². The normalized spacial score (nSPS) is 11.8. The number of sulfone groups is 1. The van der Waals surface area contributed by atoms with Crippen molar-refractivity contribution in [2.75, 3.05) is 11.1 Å². The molecule has 5 rings (SSSR count). The summed E-state index contributed by atoms with van der Waals surface area (Å²) in [5.41, 5.74) is 4.09. The van der Waals surface area contributed by atoms with E-state index >= 15 is 0 Å². The van der Waals surface area contributed by atoms with Gasteiger partial charge in [-0.2, -0.15) is 0 Å². The minimum absolute atomic E-state index is 0.132. The van der Waals surface area contributed by atoms with E-state index in [-0.39, 0.29) is 4.90 Å². The summed E-state index contributed by atoms with van der Waals surface area (Å²) >= 11 is 3.04. The van der Waals surface area contributed by atoms with Crippen molar-refractivity contribution in [3.8, 4) is 0 Å². The second-order valence-electron chi connectivity index (χ2n) is 7.63. The number of rotatable bonds is 7. The lowest BCUT2D eigenvalue weighted by atomic mass is 10.2. The molecule has 0 atom stereocenters. The largest absolute Gasteiger partial charge is 0.325 e. The number of aryl methyl sites for hydroxylation is 1. The van der Waals surface area contributed by atoms with Crippen LogP contribution in [-0.2, 0) is 20.5 Å². The number of para-hydroxylation sites is 1. The number of hydrogen-bond donors (Lipinski definition) is 1. The van der Waals surface area contributed by atoms with Crippen LogP contribution >= 0.6 is 23.1 Å². The van der Waals surface area contributed by atoms with Gasteiger partial charge in [-0.3, -0.25) is 4.79 Å². The van der Waals surface area contributed by atoms with Gasteiger partial charge in [-0.05, 0) is 49.4 Å². The summed E-state index contributed by atoms with van der Waals surface area (Å²) in [6.07, 6.45) is 0. The van der Waals surface area contributed by atoms with Crippen LogP contribution in [0.1, 0.15) is 5.56 Å². The second-order valence-corrected chi connectivity index (χ2v) is 11.8. The van der Waals surface area contributed by atoms with Crippen molar-refractivity contribution in [3.05, 3.63) is 72.3 Å². The monoisotopic (exact) mass is 509 g/mol. The van der Waals surface area contributed by atoms with Crippen LogP contribution in [0.15, 0.2) is 76.0 Å². The van der Waals surface area contributed by atoms with Gasteiger partial charge in [-0.15, -0.1) is 16.4 Å². The smallest absolute Gasteiger partial charge is 0.239 e. The van der Waals surface area contributed by atoms with Crippen LogP contribution in [0, 0.1) is 6.92 Å². The van der Waals surface area contributed by atoms with Gasteiger partial charge < -0.3 is 5.32 Å². The Bertz CT molecular complexity index is 1610. The summed E-state index contributed by atoms with van der Waals surface area (Å²) in [4.78, 5) is 17.2. The van der Waals surface area contributed by atoms with Gasteiger partial charge >= 0.3 is 0 Å². The van der Waals surface area contributed by atoms with Crippen molar-refractivity contribution in [3.63, 3.8) is 0 Å². The third kappa shape index (κ3) is 4.81. The van der Waals surface area contributed by atoms with Crippen molar-refractivity contribution in [1.29, 1.82) is 0 Å². The van der Waals surface area contributed by atoms with Gasteiger partial charge in [0, 0.05) is 5.69 Å². The van der Waals surface area contributed by atoms with Crippen LogP contribution in [0.3, 0.4) is 0 Å². The number of carbonyl (C=O) groups excluding carboxylic acids is 1. The van der Waals surface area contributed by atoms with E-state index in [1.54, 1.807) is 36.0 Å². The number of nitrogens with zero attached hydrogens (tertiary/aromatic N) is 4. The minimum Gasteiger partial charge on any atom is -0.325 e. The molecule has 0 aliphatic rings. The Balaban J connectivity index is 1.26. The number of thiazole rings is 1. The quantitative estimate of drug-likeness (QED) is 0.322. The molecule has 0 unspecified atom stereocenters. The first kappa shape index (κ1) is 22.5. The fourth-order valence-electron chi connectivity index (χ4n) is 3.37. The molecule has 0 saturated carbocycles. The maximum absolute atomic E-state index is 12.5. The van der Waals surface area contributed by atoms with Gasteiger partial charge in [0.2, 0.25) is 5.91 Å². The van der Waals surface area contributed by atoms with Crippen molar-refractivity contribution >= 4 is 65.8 Å². The standard InChI is InChI=1S/C23H19N5O3S3/c1-15-6-9-17(10-7-15)34(30,31)13-22(29)24-16-8-11-19-21(12-16)33-23(25-19)32-14-28-20-5-3-2-4-18(20)26-27-28/h2-12H,13-14H2,1H3,(H,24,29). The van der Waals surface area contributed by atoms with Crippen LogP contribution in [0.4, 0.5) is 5.69 Å². The number of amides is 1. The zero-order valence-electron chi connectivity index (χ0n) is 18.0. The molecule has 34 heavy (non-hydrogen) atoms. The van der Waals surface area contributed by atoms with E-state index in [1.165, 1.54) is 23.5 Å². The Labute approximate surface area is 203 Å². The zero-order valence-corrected chi connectivity index (χ0v) is 20.5. The summed E-state index contributed by atoms with van der Waals surface area (Å²) in [6.45, 7) is 1.87. The second kappa shape index (κ2) is 9.16. The summed E-state index contributed by atoms with van der Waals surface area (Å²) < 4.78 is 28.6. The molecular formula is C23H19N5O3S3. The Morgan fingerprint density at radius 3 is 2.68 bits per heavy atom. The Hall–Kier alpha value is -3.28. The maximum atomic E-state index is 12.5. The van der Waals surface area contributed by atoms with Gasteiger partial charge in [-0.25, -0.2) is 18.1 Å². The number of anilines is 1. The molecule has 0 spiro atoms. The number of fused-ring (bicyclic) bond motifs is 2. The number of benzene rings is 3. The average molecular weight is 510 g/mol. The Kier molecular flexibility index (Phi) is 6.07. The summed E-state index contributed by atoms with van der Waals surface area (Å²) in [5, 5.41) is 11.0. The van der Waals surface area contributed by atoms with E-state index in [1.807, 2.05) is 41.9 Å². The number of aromatic nitrogens is 4. The Morgan fingerprint density at radius 2 is 1.85 bits per heavy atom. The molecule has 11 heteroatoms. The molecule has 0 radical (unpaired) electrons. The highest BCUT2D eigenvalue weighted by atomic mass is 32.2. The van der Waals surface area contributed by atoms with Gasteiger partial charge in [-0.1, -0.05) is 46.8 Å². The summed E-state index contributed by atoms with van der Waals surface area (Å²) in [7, 11) is -3.72. The van der Waals surface area contributed by atoms with Crippen LogP contribution < -0.4 is 5.32 Å². The third-order valence-corrected chi connectivity index (χ3v) is 8.85. The van der Waals surface area contributed by atoms with Crippen molar-refractivity contribution < 1.29 is 13.2 Å². The molecule has 8 nitrogen and oxygen atoms in total. The zero-order chi connectivity index (χ0) is 23.7. The van der Waals surface area contributed by atoms with E-state index < -0.39 is 21.5 Å². The fraction of sp³-hybridized carbons (Fsp3) is 0.130. The number of carbonyl (C=O) groups is 1. The average Bonchev–Trinajstić information content (AvgIpc) is 3.41. The predicted molar refractivity (Wildman–Crippen MR) is 135 cm³/mol. The first-order chi connectivity index (χ1) is 16.4. The van der Waals surface area contributed by atoms with Gasteiger partial charge in [0.15, 0.2) is 14.2 Å². The lowest BCUT2D eigenvalue weighted by Gasteiger charge is -2.07. The molecule has 172 valence electrons. The van der Waals surface area contributed by atoms with Crippen LogP contribution in [0.2, 0.25) is 0 Å². The molecule has 1 amide bonds. The van der Waals surface area contributed by atoms with Crippen molar-refractivity contribution in [2.45, 2.75) is 22.0 Å². The lowest BCUT2D eigenvalue weighted by molar-refractivity contribution is -0.113. The SMILES string of the molecule is Cc1ccc(S(=O)(=O)CC(=O)Nc2ccc3nc(SCn4nnc5ccccc54)sc3c2)cc1. The molecule has 0 saturated heterocycles. The van der Waals surface area contributed by atoms with E-state index in [2.05, 4.69) is 20.6 Å². The fourth-order valence-corrected chi connectivity index (χ4v) is 6.49. The van der Waals surface area contributed by atoms with E-state index in [0.717, 1.165) is 31.2 Å². The first-order valence-corrected chi connectivity index (χ1v) is 13.7. The molecule has 1 N–H and O–H groups in total. The molecular weight excluding hydrogens is 490 g/mol. The molecule has 0 aliphatic carbocycles. The number of nitrogens with one attached hydrogen (secondary N) is 1. The number of thioether (sulfide) groups is 1. The Morgan fingerprint density at radius 1 is 1.06 bits per heavy atom. The van der Waals surface area contributed by atoms with Crippen LogP contribution in [-0.4, -0.2) is 40.1 Å². The van der Waals surface area contributed by atoms with Crippen molar-refractivity contribution in [2.24, 2.45) is 0 Å². The first-order valence-electron chi connectivity index (χ1n) is 10.3. The highest BCUT2D eigenvalue weighted by Gasteiger charge is 2.19. The molecule has 0 bridgehead atoms. The number of hydrogen-bond acceptors (Lipinski definition) is 8. The molecule has 5 aromatic rings. The van der Waals surface area contributed by atoms with E-state index in [4.69, 9.17) is 0 Å². The maximum Gasteiger partial charge on any atom is 0.239 e. The molecule has 0 fully saturated rings. The molecule has 2 heterocycles. The van der Waals surface area contributed by atoms with Crippen LogP contribution in [0.5, 0.6) is 0 Å². The minimum atomic E-state index is -3.72. The molecule has 0 aliphatic heterocycles. The topological polar surface area (TPSA) is 107 Å².